The number of thiazole rings is 1. The van der Waals surface area contributed by atoms with E-state index in [0.29, 0.717) is 36.1 Å². The van der Waals surface area contributed by atoms with Crippen molar-refractivity contribution < 1.29 is 23.7 Å². The first-order chi connectivity index (χ1) is 14.7. The molecule has 0 saturated heterocycles. The van der Waals surface area contributed by atoms with Gasteiger partial charge in [0.2, 0.25) is 6.79 Å². The second kappa shape index (κ2) is 9.15. The highest BCUT2D eigenvalue weighted by atomic mass is 32.1. The summed E-state index contributed by atoms with van der Waals surface area (Å²) < 4.78 is 24.5. The number of fused-ring (bicyclic) bond motifs is 2. The first-order valence-corrected chi connectivity index (χ1v) is 10.4. The normalized spacial score (nSPS) is 13.5. The van der Waals surface area contributed by atoms with Crippen molar-refractivity contribution in [1.29, 1.82) is 0 Å². The van der Waals surface area contributed by atoms with Gasteiger partial charge < -0.3 is 23.5 Å². The molecule has 0 aliphatic carbocycles. The molecule has 0 bridgehead atoms. The predicted molar refractivity (Wildman–Crippen MR) is 115 cm³/mol. The minimum atomic E-state index is -0.337. The summed E-state index contributed by atoms with van der Waals surface area (Å²) in [4.78, 5) is 17.5. The van der Waals surface area contributed by atoms with Crippen molar-refractivity contribution >= 4 is 33.5 Å². The van der Waals surface area contributed by atoms with E-state index in [2.05, 4.69) is 4.99 Å². The zero-order valence-corrected chi connectivity index (χ0v) is 17.6. The predicted octanol–water partition coefficient (Wildman–Crippen LogP) is 3.62. The number of hydrogen-bond acceptors (Lipinski definition) is 6. The molecule has 156 valence electrons. The lowest BCUT2D eigenvalue weighted by Crippen LogP contribution is -2.19. The van der Waals surface area contributed by atoms with E-state index in [9.17, 15) is 4.79 Å². The summed E-state index contributed by atoms with van der Waals surface area (Å²) in [5.41, 5.74) is 1.83. The first-order valence-electron chi connectivity index (χ1n) is 9.59. The van der Waals surface area contributed by atoms with Crippen molar-refractivity contribution in [1.82, 2.24) is 4.57 Å². The van der Waals surface area contributed by atoms with Crippen LogP contribution in [-0.2, 0) is 16.1 Å². The number of methoxy groups -OCH3 is 1. The van der Waals surface area contributed by atoms with Crippen LogP contribution in [0.1, 0.15) is 12.5 Å². The largest absolute Gasteiger partial charge is 0.497 e. The van der Waals surface area contributed by atoms with Crippen molar-refractivity contribution in [2.75, 3.05) is 27.1 Å². The Balaban J connectivity index is 1.62. The van der Waals surface area contributed by atoms with Gasteiger partial charge in [0.1, 0.15) is 5.75 Å². The Morgan fingerprint density at radius 1 is 1.23 bits per heavy atom. The Morgan fingerprint density at radius 3 is 2.93 bits per heavy atom. The second-order valence-electron chi connectivity index (χ2n) is 6.46. The molecule has 0 atom stereocenters. The van der Waals surface area contributed by atoms with Crippen LogP contribution in [-0.4, -0.2) is 37.6 Å². The summed E-state index contributed by atoms with van der Waals surface area (Å²) in [5, 5.41) is 0. The van der Waals surface area contributed by atoms with E-state index in [1.165, 1.54) is 17.4 Å². The third-order valence-corrected chi connectivity index (χ3v) is 5.62. The highest BCUT2D eigenvalue weighted by Gasteiger charge is 2.12. The van der Waals surface area contributed by atoms with Gasteiger partial charge in [0.15, 0.2) is 16.3 Å². The van der Waals surface area contributed by atoms with Gasteiger partial charge in [0, 0.05) is 19.2 Å². The summed E-state index contributed by atoms with van der Waals surface area (Å²) in [6, 6.07) is 11.3. The summed E-state index contributed by atoms with van der Waals surface area (Å²) in [6.45, 7) is 3.97. The van der Waals surface area contributed by atoms with Crippen LogP contribution >= 0.6 is 11.3 Å². The minimum absolute atomic E-state index is 0.217. The van der Waals surface area contributed by atoms with Crippen LogP contribution in [0.15, 0.2) is 47.5 Å². The van der Waals surface area contributed by atoms with E-state index in [1.807, 2.05) is 47.9 Å². The van der Waals surface area contributed by atoms with Gasteiger partial charge >= 0.3 is 0 Å². The average molecular weight is 426 g/mol. The molecule has 8 heteroatoms. The van der Waals surface area contributed by atoms with E-state index < -0.39 is 0 Å². The first kappa shape index (κ1) is 20.2. The Bertz CT molecular complexity index is 1160. The van der Waals surface area contributed by atoms with Crippen LogP contribution < -0.4 is 19.0 Å². The molecule has 0 fully saturated rings. The lowest BCUT2D eigenvalue weighted by Gasteiger charge is -2.05. The van der Waals surface area contributed by atoms with Crippen molar-refractivity contribution in [3.05, 3.63) is 52.8 Å². The number of aromatic nitrogens is 1. The Kier molecular flexibility index (Phi) is 6.15. The number of ether oxygens (including phenoxy) is 4. The molecule has 2 aromatic carbocycles. The number of carbonyl (C=O) groups is 1. The van der Waals surface area contributed by atoms with Crippen LogP contribution in [0.4, 0.5) is 0 Å². The molecule has 1 aromatic heterocycles. The molecular weight excluding hydrogens is 404 g/mol. The van der Waals surface area contributed by atoms with Crippen molar-refractivity contribution in [3.8, 4) is 17.2 Å². The lowest BCUT2D eigenvalue weighted by molar-refractivity contribution is -0.113. The van der Waals surface area contributed by atoms with Crippen LogP contribution in [0, 0.1) is 0 Å². The number of rotatable bonds is 7. The molecular formula is C22H22N2O5S. The molecule has 3 aromatic rings. The maximum absolute atomic E-state index is 12.5. The fourth-order valence-corrected chi connectivity index (χ4v) is 4.19. The van der Waals surface area contributed by atoms with E-state index in [-0.39, 0.29) is 12.7 Å². The Labute approximate surface area is 177 Å². The highest BCUT2D eigenvalue weighted by Crippen LogP contribution is 2.32. The summed E-state index contributed by atoms with van der Waals surface area (Å²) >= 11 is 1.45. The van der Waals surface area contributed by atoms with Gasteiger partial charge in [0.25, 0.3) is 5.91 Å². The van der Waals surface area contributed by atoms with Crippen molar-refractivity contribution in [3.63, 3.8) is 0 Å². The van der Waals surface area contributed by atoms with Gasteiger partial charge in [0.05, 0.1) is 23.9 Å². The van der Waals surface area contributed by atoms with Crippen LogP contribution in [0.25, 0.3) is 16.3 Å². The molecule has 0 saturated carbocycles. The van der Waals surface area contributed by atoms with Crippen LogP contribution in [0.3, 0.4) is 0 Å². The van der Waals surface area contributed by atoms with Gasteiger partial charge in [-0.15, -0.1) is 0 Å². The second-order valence-corrected chi connectivity index (χ2v) is 7.47. The van der Waals surface area contributed by atoms with Crippen LogP contribution in [0.5, 0.6) is 17.2 Å². The molecule has 2 heterocycles. The molecule has 0 unspecified atom stereocenters. The SMILES string of the molecule is CCOCCn1c(=NC(=O)/C=C\c2ccc3c(c2)OCO3)sc2cc(OC)ccc21. The maximum atomic E-state index is 12.5. The molecule has 1 aliphatic rings. The third kappa shape index (κ3) is 4.39. The van der Waals surface area contributed by atoms with E-state index in [4.69, 9.17) is 18.9 Å². The smallest absolute Gasteiger partial charge is 0.272 e. The standard InChI is InChI=1S/C22H22N2O5S/c1-3-27-11-10-24-17-7-6-16(26-2)13-20(17)30-22(24)23-21(25)9-5-15-4-8-18-19(12-15)29-14-28-18/h4-9,12-13H,3,10-11,14H2,1-2H3/b9-5-,23-22?. The summed E-state index contributed by atoms with van der Waals surface area (Å²) in [7, 11) is 1.63. The molecule has 0 spiro atoms. The summed E-state index contributed by atoms with van der Waals surface area (Å²) in [5.74, 6) is 1.81. The number of amides is 1. The van der Waals surface area contributed by atoms with Gasteiger partial charge in [-0.3, -0.25) is 4.79 Å². The molecule has 4 rings (SSSR count). The minimum Gasteiger partial charge on any atom is -0.497 e. The molecule has 7 nitrogen and oxygen atoms in total. The Morgan fingerprint density at radius 2 is 2.10 bits per heavy atom. The lowest BCUT2D eigenvalue weighted by atomic mass is 10.2. The maximum Gasteiger partial charge on any atom is 0.272 e. The molecule has 1 amide bonds. The Hall–Kier alpha value is -3.10. The van der Waals surface area contributed by atoms with Crippen molar-refractivity contribution in [2.45, 2.75) is 13.5 Å². The third-order valence-electron chi connectivity index (χ3n) is 4.57. The molecule has 0 radical (unpaired) electrons. The van der Waals surface area contributed by atoms with Gasteiger partial charge in [-0.25, -0.2) is 0 Å². The van der Waals surface area contributed by atoms with Gasteiger partial charge in [-0.05, 0) is 48.9 Å². The van der Waals surface area contributed by atoms with E-state index >= 15 is 0 Å². The molecule has 30 heavy (non-hydrogen) atoms. The van der Waals surface area contributed by atoms with E-state index in [0.717, 1.165) is 21.5 Å². The van der Waals surface area contributed by atoms with E-state index in [1.54, 1.807) is 13.2 Å². The zero-order chi connectivity index (χ0) is 20.9. The summed E-state index contributed by atoms with van der Waals surface area (Å²) in [6.07, 6.45) is 3.17. The fourth-order valence-electron chi connectivity index (χ4n) is 3.10. The van der Waals surface area contributed by atoms with Crippen molar-refractivity contribution in [2.24, 2.45) is 4.99 Å². The fraction of sp³-hybridized carbons (Fsp3) is 0.273. The van der Waals surface area contributed by atoms with Crippen LogP contribution in [0.2, 0.25) is 0 Å². The quantitative estimate of drug-likeness (QED) is 0.426. The monoisotopic (exact) mass is 426 g/mol. The highest BCUT2D eigenvalue weighted by molar-refractivity contribution is 7.16. The zero-order valence-electron chi connectivity index (χ0n) is 16.8. The number of benzene rings is 2. The van der Waals surface area contributed by atoms with Gasteiger partial charge in [-0.1, -0.05) is 17.4 Å². The number of hydrogen-bond donors (Lipinski definition) is 0. The molecule has 0 N–H and O–H groups in total. The average Bonchev–Trinajstić information content (AvgIpc) is 3.36. The topological polar surface area (TPSA) is 71.3 Å². The molecule has 1 aliphatic heterocycles. The van der Waals surface area contributed by atoms with Gasteiger partial charge in [-0.2, -0.15) is 4.99 Å². The number of nitrogens with zero attached hydrogens (tertiary/aromatic N) is 2. The number of carbonyl (C=O) groups excluding carboxylic acids is 1.